The van der Waals surface area contributed by atoms with Crippen molar-refractivity contribution in [2.24, 2.45) is 5.41 Å². The summed E-state index contributed by atoms with van der Waals surface area (Å²) >= 11 is 0. The predicted molar refractivity (Wildman–Crippen MR) is 71.8 cm³/mol. The van der Waals surface area contributed by atoms with Crippen molar-refractivity contribution in [3.63, 3.8) is 0 Å². The Labute approximate surface area is 102 Å². The molecule has 0 aromatic heterocycles. The minimum atomic E-state index is 0.378. The molecule has 0 aromatic carbocycles. The van der Waals surface area contributed by atoms with E-state index in [0.29, 0.717) is 11.5 Å². The summed E-state index contributed by atoms with van der Waals surface area (Å²) in [6, 6.07) is 1.41. The lowest BCUT2D eigenvalue weighted by atomic mass is 9.84. The summed E-state index contributed by atoms with van der Waals surface area (Å²) in [5.74, 6) is 0. The van der Waals surface area contributed by atoms with E-state index in [0.717, 1.165) is 6.04 Å². The molecule has 0 spiro atoms. The van der Waals surface area contributed by atoms with Gasteiger partial charge in [-0.3, -0.25) is 4.90 Å². The molecular weight excluding hydrogens is 196 g/mol. The molecule has 0 aliphatic carbocycles. The molecule has 1 heterocycles. The van der Waals surface area contributed by atoms with Gasteiger partial charge < -0.3 is 5.32 Å². The summed E-state index contributed by atoms with van der Waals surface area (Å²) in [4.78, 5) is 2.70. The maximum atomic E-state index is 3.74. The van der Waals surface area contributed by atoms with E-state index >= 15 is 0 Å². The van der Waals surface area contributed by atoms with E-state index in [-0.39, 0.29) is 0 Å². The van der Waals surface area contributed by atoms with Crippen LogP contribution in [0.3, 0.4) is 0 Å². The number of nitrogens with zero attached hydrogens (tertiary/aromatic N) is 1. The average Bonchev–Trinajstić information content (AvgIpc) is 2.19. The second kappa shape index (κ2) is 6.02. The smallest absolute Gasteiger partial charge is 0.0244 e. The fourth-order valence-electron chi connectivity index (χ4n) is 2.61. The van der Waals surface area contributed by atoms with Crippen LogP contribution in [0.15, 0.2) is 0 Å². The maximum Gasteiger partial charge on any atom is 0.0244 e. The number of hydrogen-bond donors (Lipinski definition) is 1. The summed E-state index contributed by atoms with van der Waals surface area (Å²) in [5, 5.41) is 3.74. The van der Waals surface area contributed by atoms with E-state index < -0.39 is 0 Å². The Bertz CT molecular complexity index is 195. The summed E-state index contributed by atoms with van der Waals surface area (Å²) < 4.78 is 0. The monoisotopic (exact) mass is 226 g/mol. The lowest BCUT2D eigenvalue weighted by Crippen LogP contribution is -2.60. The summed E-state index contributed by atoms with van der Waals surface area (Å²) in [7, 11) is 0. The average molecular weight is 226 g/mol. The Morgan fingerprint density at radius 1 is 1.19 bits per heavy atom. The second-order valence-corrected chi connectivity index (χ2v) is 6.26. The molecule has 0 aromatic rings. The zero-order valence-corrected chi connectivity index (χ0v) is 11.8. The molecule has 1 aliphatic rings. The first-order chi connectivity index (χ1) is 7.49. The van der Waals surface area contributed by atoms with Gasteiger partial charge in [0.25, 0.3) is 0 Å². The van der Waals surface area contributed by atoms with E-state index in [4.69, 9.17) is 0 Å². The Morgan fingerprint density at radius 2 is 1.88 bits per heavy atom. The lowest BCUT2D eigenvalue weighted by Gasteiger charge is -2.45. The van der Waals surface area contributed by atoms with Gasteiger partial charge in [0.1, 0.15) is 0 Å². The molecule has 2 unspecified atom stereocenters. The van der Waals surface area contributed by atoms with Crippen molar-refractivity contribution in [3.8, 4) is 0 Å². The molecule has 0 saturated carbocycles. The highest BCUT2D eigenvalue weighted by Crippen LogP contribution is 2.24. The standard InChI is InChI=1S/C14H30N2/c1-6-8-12-10-15-13(14(3,4)5)11-16(12)9-7-2/h12-13,15H,6-11H2,1-5H3. The maximum absolute atomic E-state index is 3.74. The number of piperazine rings is 1. The lowest BCUT2D eigenvalue weighted by molar-refractivity contribution is 0.0810. The molecule has 0 radical (unpaired) electrons. The van der Waals surface area contributed by atoms with Crippen molar-refractivity contribution in [1.82, 2.24) is 10.2 Å². The van der Waals surface area contributed by atoms with Crippen LogP contribution >= 0.6 is 0 Å². The van der Waals surface area contributed by atoms with Crippen molar-refractivity contribution in [3.05, 3.63) is 0 Å². The molecule has 0 amide bonds. The first-order valence-corrected chi connectivity index (χ1v) is 6.96. The van der Waals surface area contributed by atoms with Gasteiger partial charge in [-0.15, -0.1) is 0 Å². The summed E-state index contributed by atoms with van der Waals surface area (Å²) in [6.07, 6.45) is 3.91. The van der Waals surface area contributed by atoms with E-state index in [1.165, 1.54) is 38.9 Å². The quantitative estimate of drug-likeness (QED) is 0.793. The SMILES string of the molecule is CCCC1CNC(C(C)(C)C)CN1CCC. The first kappa shape index (κ1) is 14.0. The largest absolute Gasteiger partial charge is 0.311 e. The van der Waals surface area contributed by atoms with Gasteiger partial charge in [0.15, 0.2) is 0 Å². The third-order valence-electron chi connectivity index (χ3n) is 3.71. The molecule has 2 heteroatoms. The van der Waals surface area contributed by atoms with Crippen molar-refractivity contribution in [2.45, 2.75) is 66.0 Å². The van der Waals surface area contributed by atoms with Gasteiger partial charge in [-0.1, -0.05) is 41.0 Å². The third-order valence-corrected chi connectivity index (χ3v) is 3.71. The highest BCUT2D eigenvalue weighted by atomic mass is 15.2. The van der Waals surface area contributed by atoms with Crippen LogP contribution in [0.25, 0.3) is 0 Å². The van der Waals surface area contributed by atoms with Crippen LogP contribution in [0.5, 0.6) is 0 Å². The topological polar surface area (TPSA) is 15.3 Å². The Hall–Kier alpha value is -0.0800. The zero-order valence-electron chi connectivity index (χ0n) is 11.8. The fraction of sp³-hybridized carbons (Fsp3) is 1.00. The minimum Gasteiger partial charge on any atom is -0.311 e. The molecule has 16 heavy (non-hydrogen) atoms. The molecule has 0 bridgehead atoms. The van der Waals surface area contributed by atoms with Crippen LogP contribution in [0.1, 0.15) is 53.9 Å². The first-order valence-electron chi connectivity index (χ1n) is 6.96. The summed E-state index contributed by atoms with van der Waals surface area (Å²) in [6.45, 7) is 15.3. The van der Waals surface area contributed by atoms with Gasteiger partial charge in [-0.2, -0.15) is 0 Å². The number of nitrogens with one attached hydrogen (secondary N) is 1. The number of hydrogen-bond acceptors (Lipinski definition) is 2. The van der Waals surface area contributed by atoms with Gasteiger partial charge >= 0.3 is 0 Å². The van der Waals surface area contributed by atoms with E-state index in [9.17, 15) is 0 Å². The van der Waals surface area contributed by atoms with Crippen LogP contribution in [-0.2, 0) is 0 Å². The third kappa shape index (κ3) is 3.74. The van der Waals surface area contributed by atoms with Crippen LogP contribution in [0.2, 0.25) is 0 Å². The highest BCUT2D eigenvalue weighted by Gasteiger charge is 2.32. The molecule has 2 nitrogen and oxygen atoms in total. The van der Waals surface area contributed by atoms with Crippen LogP contribution in [0.4, 0.5) is 0 Å². The van der Waals surface area contributed by atoms with Crippen molar-refractivity contribution in [2.75, 3.05) is 19.6 Å². The van der Waals surface area contributed by atoms with Crippen LogP contribution in [0, 0.1) is 5.41 Å². The molecule has 96 valence electrons. The molecular formula is C14H30N2. The van der Waals surface area contributed by atoms with Gasteiger partial charge in [-0.25, -0.2) is 0 Å². The molecule has 1 saturated heterocycles. The number of rotatable bonds is 4. The van der Waals surface area contributed by atoms with Gasteiger partial charge in [0, 0.05) is 25.2 Å². The normalized spacial score (nSPS) is 28.3. The predicted octanol–water partition coefficient (Wildman–Crippen LogP) is 2.89. The summed E-state index contributed by atoms with van der Waals surface area (Å²) in [5.41, 5.74) is 0.378. The Balaban J connectivity index is 2.57. The van der Waals surface area contributed by atoms with E-state index in [1.54, 1.807) is 0 Å². The second-order valence-electron chi connectivity index (χ2n) is 6.26. The van der Waals surface area contributed by atoms with Gasteiger partial charge in [0.2, 0.25) is 0 Å². The van der Waals surface area contributed by atoms with Crippen molar-refractivity contribution >= 4 is 0 Å². The van der Waals surface area contributed by atoms with Gasteiger partial charge in [-0.05, 0) is 24.8 Å². The highest BCUT2D eigenvalue weighted by molar-refractivity contribution is 4.91. The van der Waals surface area contributed by atoms with E-state index in [1.807, 2.05) is 0 Å². The molecule has 1 fully saturated rings. The Kier molecular flexibility index (Phi) is 5.26. The molecule has 1 N–H and O–H groups in total. The molecule has 1 aliphatic heterocycles. The molecule has 1 rings (SSSR count). The van der Waals surface area contributed by atoms with Crippen molar-refractivity contribution in [1.29, 1.82) is 0 Å². The molecule has 2 atom stereocenters. The zero-order chi connectivity index (χ0) is 12.2. The van der Waals surface area contributed by atoms with E-state index in [2.05, 4.69) is 44.8 Å². The van der Waals surface area contributed by atoms with Crippen LogP contribution in [-0.4, -0.2) is 36.6 Å². The fourth-order valence-corrected chi connectivity index (χ4v) is 2.61. The Morgan fingerprint density at radius 3 is 2.38 bits per heavy atom. The minimum absolute atomic E-state index is 0.378. The van der Waals surface area contributed by atoms with Crippen molar-refractivity contribution < 1.29 is 0 Å². The van der Waals surface area contributed by atoms with Crippen LogP contribution < -0.4 is 5.32 Å². The van der Waals surface area contributed by atoms with Gasteiger partial charge in [0.05, 0.1) is 0 Å².